The van der Waals surface area contributed by atoms with Crippen LogP contribution in [-0.4, -0.2) is 14.5 Å². The number of sulfonamides is 1. The summed E-state index contributed by atoms with van der Waals surface area (Å²) < 4.78 is 28.8. The lowest BCUT2D eigenvalue weighted by Crippen LogP contribution is -2.32. The van der Waals surface area contributed by atoms with E-state index < -0.39 is 10.0 Å². The van der Waals surface area contributed by atoms with Crippen molar-refractivity contribution in [2.24, 2.45) is 0 Å². The molecule has 100 valence electrons. The fourth-order valence-electron chi connectivity index (χ4n) is 2.16. The Kier molecular flexibility index (Phi) is 4.52. The van der Waals surface area contributed by atoms with Crippen LogP contribution in [0.2, 0.25) is 0 Å². The molecule has 3 nitrogen and oxygen atoms in total. The lowest BCUT2D eigenvalue weighted by atomic mass is 10.2. The van der Waals surface area contributed by atoms with Crippen molar-refractivity contribution in [2.45, 2.75) is 43.5 Å². The van der Waals surface area contributed by atoms with Crippen LogP contribution in [0.3, 0.4) is 0 Å². The van der Waals surface area contributed by atoms with Gasteiger partial charge in [0.25, 0.3) is 0 Å². The van der Waals surface area contributed by atoms with Gasteiger partial charge in [-0.15, -0.1) is 0 Å². The van der Waals surface area contributed by atoms with Gasteiger partial charge in [0.1, 0.15) is 0 Å². The van der Waals surface area contributed by atoms with Gasteiger partial charge in [0.15, 0.2) is 0 Å². The third-order valence-corrected chi connectivity index (χ3v) is 6.51. The highest BCUT2D eigenvalue weighted by Crippen LogP contribution is 2.29. The number of rotatable bonds is 3. The van der Waals surface area contributed by atoms with E-state index in [2.05, 4.69) is 36.6 Å². The molecule has 0 bridgehead atoms. The molecule has 0 unspecified atom stereocenters. The number of hydrogen-bond donors (Lipinski definition) is 1. The summed E-state index contributed by atoms with van der Waals surface area (Å²) in [4.78, 5) is 0.298. The van der Waals surface area contributed by atoms with Gasteiger partial charge in [-0.25, -0.2) is 13.1 Å². The first-order valence-corrected chi connectivity index (χ1v) is 8.95. The molecule has 6 heteroatoms. The van der Waals surface area contributed by atoms with Gasteiger partial charge in [0.2, 0.25) is 10.0 Å². The molecule has 0 saturated heterocycles. The van der Waals surface area contributed by atoms with E-state index in [0.717, 1.165) is 35.7 Å². The zero-order chi connectivity index (χ0) is 13.3. The molecule has 1 aliphatic rings. The van der Waals surface area contributed by atoms with Gasteiger partial charge in [0.05, 0.1) is 4.90 Å². The summed E-state index contributed by atoms with van der Waals surface area (Å²) in [5.74, 6) is 0. The Morgan fingerprint density at radius 1 is 1.17 bits per heavy atom. The van der Waals surface area contributed by atoms with Gasteiger partial charge >= 0.3 is 0 Å². The van der Waals surface area contributed by atoms with E-state index >= 15 is 0 Å². The monoisotopic (exact) mass is 395 g/mol. The Labute approximate surface area is 125 Å². The minimum Gasteiger partial charge on any atom is -0.208 e. The molecule has 0 spiro atoms. The van der Waals surface area contributed by atoms with E-state index in [9.17, 15) is 8.42 Å². The zero-order valence-electron chi connectivity index (χ0n) is 10.0. The van der Waals surface area contributed by atoms with Crippen LogP contribution < -0.4 is 4.72 Å². The first kappa shape index (κ1) is 14.5. The largest absolute Gasteiger partial charge is 0.241 e. The lowest BCUT2D eigenvalue weighted by molar-refractivity contribution is 0.551. The minimum absolute atomic E-state index is 0.0852. The molecule has 0 amide bonds. The van der Waals surface area contributed by atoms with Gasteiger partial charge in [-0.05, 0) is 53.4 Å². The fourth-order valence-corrected chi connectivity index (χ4v) is 5.14. The van der Waals surface area contributed by atoms with Crippen LogP contribution in [0.25, 0.3) is 0 Å². The van der Waals surface area contributed by atoms with Crippen molar-refractivity contribution in [3.63, 3.8) is 0 Å². The molecule has 18 heavy (non-hydrogen) atoms. The van der Waals surface area contributed by atoms with Gasteiger partial charge in [0, 0.05) is 15.0 Å². The predicted molar refractivity (Wildman–Crippen MR) is 79.2 cm³/mol. The highest BCUT2D eigenvalue weighted by molar-refractivity contribution is 9.11. The third kappa shape index (κ3) is 3.15. The standard InChI is InChI=1S/C12H15Br2NO2S/c1-8-6-11(14)12(7-10(8)13)18(16,17)15-9-4-2-3-5-9/h6-7,9,15H,2-5H2,1H3. The van der Waals surface area contributed by atoms with Crippen LogP contribution in [0.5, 0.6) is 0 Å². The van der Waals surface area contributed by atoms with Crippen molar-refractivity contribution in [1.82, 2.24) is 4.72 Å². The van der Waals surface area contributed by atoms with Gasteiger partial charge < -0.3 is 0 Å². The molecule has 1 aromatic rings. The van der Waals surface area contributed by atoms with Crippen LogP contribution >= 0.6 is 31.9 Å². The first-order valence-electron chi connectivity index (χ1n) is 5.88. The lowest BCUT2D eigenvalue weighted by Gasteiger charge is -2.14. The number of aryl methyl sites for hydroxylation is 1. The number of halogens is 2. The predicted octanol–water partition coefficient (Wildman–Crippen LogP) is 3.74. The van der Waals surface area contributed by atoms with Crippen LogP contribution in [0.15, 0.2) is 26.0 Å². The van der Waals surface area contributed by atoms with Crippen molar-refractivity contribution in [3.05, 3.63) is 26.6 Å². The smallest absolute Gasteiger partial charge is 0.208 e. The Hall–Kier alpha value is 0.0900. The van der Waals surface area contributed by atoms with E-state index in [4.69, 9.17) is 0 Å². The SMILES string of the molecule is Cc1cc(Br)c(S(=O)(=O)NC2CCCC2)cc1Br. The molecule has 1 aliphatic carbocycles. The topological polar surface area (TPSA) is 46.2 Å². The Bertz CT molecular complexity index is 551. The van der Waals surface area contributed by atoms with Gasteiger partial charge in [-0.1, -0.05) is 28.8 Å². The Morgan fingerprint density at radius 2 is 1.78 bits per heavy atom. The zero-order valence-corrected chi connectivity index (χ0v) is 14.0. The fraction of sp³-hybridized carbons (Fsp3) is 0.500. The maximum Gasteiger partial charge on any atom is 0.241 e. The molecule has 0 heterocycles. The summed E-state index contributed by atoms with van der Waals surface area (Å²) in [6.45, 7) is 1.93. The highest BCUT2D eigenvalue weighted by atomic mass is 79.9. The summed E-state index contributed by atoms with van der Waals surface area (Å²) in [7, 11) is -3.44. The molecule has 1 saturated carbocycles. The van der Waals surface area contributed by atoms with E-state index in [1.54, 1.807) is 6.07 Å². The van der Waals surface area contributed by atoms with Gasteiger partial charge in [-0.3, -0.25) is 0 Å². The minimum atomic E-state index is -3.44. The first-order chi connectivity index (χ1) is 8.40. The van der Waals surface area contributed by atoms with E-state index in [1.807, 2.05) is 13.0 Å². The molecule has 0 aromatic heterocycles. The molecule has 0 atom stereocenters. The maximum absolute atomic E-state index is 12.3. The number of benzene rings is 1. The van der Waals surface area contributed by atoms with Crippen LogP contribution in [0, 0.1) is 6.92 Å². The summed E-state index contributed by atoms with van der Waals surface area (Å²) in [5.41, 5.74) is 1.00. The maximum atomic E-state index is 12.3. The highest BCUT2D eigenvalue weighted by Gasteiger charge is 2.25. The van der Waals surface area contributed by atoms with E-state index in [0.29, 0.717) is 9.37 Å². The second-order valence-corrected chi connectivity index (χ2v) is 8.03. The second kappa shape index (κ2) is 5.61. The average molecular weight is 397 g/mol. The normalized spacial score (nSPS) is 17.3. The number of nitrogens with one attached hydrogen (secondary N) is 1. The van der Waals surface area contributed by atoms with E-state index in [1.165, 1.54) is 0 Å². The quantitative estimate of drug-likeness (QED) is 0.845. The summed E-state index contributed by atoms with van der Waals surface area (Å²) in [6.07, 6.45) is 4.08. The Morgan fingerprint density at radius 3 is 2.39 bits per heavy atom. The summed E-state index contributed by atoms with van der Waals surface area (Å²) >= 11 is 6.70. The van der Waals surface area contributed by atoms with Crippen molar-refractivity contribution in [1.29, 1.82) is 0 Å². The number of hydrogen-bond acceptors (Lipinski definition) is 2. The molecular weight excluding hydrogens is 382 g/mol. The van der Waals surface area contributed by atoms with Crippen LogP contribution in [0.4, 0.5) is 0 Å². The van der Waals surface area contributed by atoms with Crippen LogP contribution in [-0.2, 0) is 10.0 Å². The molecular formula is C12H15Br2NO2S. The molecule has 0 radical (unpaired) electrons. The molecule has 0 aliphatic heterocycles. The summed E-state index contributed by atoms with van der Waals surface area (Å²) in [5, 5.41) is 0. The van der Waals surface area contributed by atoms with Crippen molar-refractivity contribution in [3.8, 4) is 0 Å². The van der Waals surface area contributed by atoms with E-state index in [-0.39, 0.29) is 6.04 Å². The van der Waals surface area contributed by atoms with Gasteiger partial charge in [-0.2, -0.15) is 0 Å². The third-order valence-electron chi connectivity index (χ3n) is 3.18. The van der Waals surface area contributed by atoms with Crippen molar-refractivity contribution < 1.29 is 8.42 Å². The Balaban J connectivity index is 2.31. The summed E-state index contributed by atoms with van der Waals surface area (Å²) in [6, 6.07) is 3.55. The van der Waals surface area contributed by atoms with Crippen molar-refractivity contribution >= 4 is 41.9 Å². The molecule has 1 aromatic carbocycles. The molecule has 2 rings (SSSR count). The van der Waals surface area contributed by atoms with Crippen molar-refractivity contribution in [2.75, 3.05) is 0 Å². The molecule has 1 N–H and O–H groups in total. The van der Waals surface area contributed by atoms with Crippen LogP contribution in [0.1, 0.15) is 31.2 Å². The average Bonchev–Trinajstić information content (AvgIpc) is 2.75. The second-order valence-electron chi connectivity index (χ2n) is 4.63. The molecule has 1 fully saturated rings.